The van der Waals surface area contributed by atoms with Gasteiger partial charge in [-0.05, 0) is 48.9 Å². The van der Waals surface area contributed by atoms with Crippen molar-refractivity contribution in [2.24, 2.45) is 5.73 Å². The lowest BCUT2D eigenvalue weighted by Crippen LogP contribution is -2.43. The van der Waals surface area contributed by atoms with E-state index in [1.165, 1.54) is 0 Å². The number of amides is 3. The van der Waals surface area contributed by atoms with Crippen molar-refractivity contribution < 1.29 is 14.3 Å². The molecule has 2 aromatic carbocycles. The van der Waals surface area contributed by atoms with Gasteiger partial charge in [-0.15, -0.1) is 0 Å². The van der Waals surface area contributed by atoms with Gasteiger partial charge in [0.15, 0.2) is 0 Å². The monoisotopic (exact) mass is 338 g/mol. The van der Waals surface area contributed by atoms with Crippen LogP contribution in [0.1, 0.15) is 18.1 Å². The van der Waals surface area contributed by atoms with Crippen molar-refractivity contribution in [3.63, 3.8) is 0 Å². The summed E-state index contributed by atoms with van der Waals surface area (Å²) in [4.78, 5) is 22.3. The lowest BCUT2D eigenvalue weighted by atomic mass is 10.1. The highest BCUT2D eigenvalue weighted by molar-refractivity contribution is 5.97. The maximum absolute atomic E-state index is 11.6. The van der Waals surface area contributed by atoms with Crippen molar-refractivity contribution in [2.75, 3.05) is 5.32 Å². The van der Waals surface area contributed by atoms with Gasteiger partial charge in [-0.25, -0.2) is 4.79 Å². The fourth-order valence-corrected chi connectivity index (χ4v) is 2.09. The number of nitrogens with two attached hydrogens (primary N) is 1. The van der Waals surface area contributed by atoms with E-state index >= 15 is 0 Å². The fourth-order valence-electron chi connectivity index (χ4n) is 2.09. The van der Waals surface area contributed by atoms with Gasteiger partial charge in [0.1, 0.15) is 18.4 Å². The average molecular weight is 338 g/mol. The number of nitrogens with zero attached hydrogens (tertiary/aromatic N) is 1. The molecule has 128 valence electrons. The van der Waals surface area contributed by atoms with Gasteiger partial charge in [-0.3, -0.25) is 10.1 Å². The van der Waals surface area contributed by atoms with E-state index < -0.39 is 18.0 Å². The Hall–Kier alpha value is -3.53. The molecule has 0 aliphatic heterocycles. The second-order valence-corrected chi connectivity index (χ2v) is 5.34. The molecule has 1 atom stereocenters. The van der Waals surface area contributed by atoms with Crippen molar-refractivity contribution >= 4 is 17.6 Å². The number of hydrogen-bond acceptors (Lipinski definition) is 5. The predicted octanol–water partition coefficient (Wildman–Crippen LogP) is 2.13. The SMILES string of the molecule is C[C@@H](Nc1ccc(OCc2cccc(C#N)c2)cc1)C(=O)NC(N)=O. The number of ether oxygens (including phenoxy) is 1. The molecule has 0 aromatic heterocycles. The number of nitriles is 1. The number of benzene rings is 2. The Bertz CT molecular complexity index is 797. The molecule has 3 amide bonds. The van der Waals surface area contributed by atoms with Crippen LogP contribution in [0.3, 0.4) is 0 Å². The summed E-state index contributed by atoms with van der Waals surface area (Å²) < 4.78 is 5.67. The van der Waals surface area contributed by atoms with Crippen molar-refractivity contribution in [1.82, 2.24) is 5.32 Å². The van der Waals surface area contributed by atoms with E-state index in [2.05, 4.69) is 11.4 Å². The molecule has 4 N–H and O–H groups in total. The smallest absolute Gasteiger partial charge is 0.318 e. The number of rotatable bonds is 6. The zero-order valence-corrected chi connectivity index (χ0v) is 13.7. The third-order valence-electron chi connectivity index (χ3n) is 3.34. The minimum Gasteiger partial charge on any atom is -0.489 e. The largest absolute Gasteiger partial charge is 0.489 e. The molecule has 0 unspecified atom stereocenters. The molecule has 0 spiro atoms. The number of imide groups is 1. The maximum atomic E-state index is 11.6. The molecule has 0 saturated heterocycles. The lowest BCUT2D eigenvalue weighted by Gasteiger charge is -2.14. The molecule has 2 aromatic rings. The minimum absolute atomic E-state index is 0.347. The summed E-state index contributed by atoms with van der Waals surface area (Å²) >= 11 is 0. The lowest BCUT2D eigenvalue weighted by molar-refractivity contribution is -0.120. The fraction of sp³-hybridized carbons (Fsp3) is 0.167. The molecule has 7 heteroatoms. The molecule has 2 rings (SSSR count). The Morgan fingerprint density at radius 2 is 1.96 bits per heavy atom. The zero-order chi connectivity index (χ0) is 18.2. The van der Waals surface area contributed by atoms with Gasteiger partial charge in [0.05, 0.1) is 11.6 Å². The molecule has 0 heterocycles. The van der Waals surface area contributed by atoms with Crippen molar-refractivity contribution in [3.05, 3.63) is 59.7 Å². The zero-order valence-electron chi connectivity index (χ0n) is 13.7. The Morgan fingerprint density at radius 3 is 2.60 bits per heavy atom. The molecule has 7 nitrogen and oxygen atoms in total. The standard InChI is InChI=1S/C18H18N4O3/c1-12(17(23)22-18(20)24)21-15-5-7-16(8-6-15)25-11-14-4-2-3-13(9-14)10-19/h2-9,12,21H,11H2,1H3,(H3,20,22,23,24)/t12-/m1/s1. The molecule has 0 saturated carbocycles. The van der Waals surface area contributed by atoms with E-state index in [0.29, 0.717) is 23.6 Å². The van der Waals surface area contributed by atoms with Crippen molar-refractivity contribution in [3.8, 4) is 11.8 Å². The quantitative estimate of drug-likeness (QED) is 0.746. The first-order valence-corrected chi connectivity index (χ1v) is 7.56. The van der Waals surface area contributed by atoms with E-state index in [1.807, 2.05) is 17.4 Å². The summed E-state index contributed by atoms with van der Waals surface area (Å²) in [5.41, 5.74) is 7.10. The van der Waals surface area contributed by atoms with E-state index in [0.717, 1.165) is 5.56 Å². The van der Waals surface area contributed by atoms with Crippen LogP contribution in [0.4, 0.5) is 10.5 Å². The van der Waals surface area contributed by atoms with Gasteiger partial charge >= 0.3 is 6.03 Å². The highest BCUT2D eigenvalue weighted by Gasteiger charge is 2.13. The molecule has 25 heavy (non-hydrogen) atoms. The Labute approximate surface area is 145 Å². The third kappa shape index (κ3) is 5.55. The Morgan fingerprint density at radius 1 is 1.24 bits per heavy atom. The van der Waals surface area contributed by atoms with E-state index in [9.17, 15) is 9.59 Å². The maximum Gasteiger partial charge on any atom is 0.318 e. The highest BCUT2D eigenvalue weighted by atomic mass is 16.5. The predicted molar refractivity (Wildman–Crippen MR) is 92.7 cm³/mol. The normalized spacial score (nSPS) is 11.0. The molecule has 0 fully saturated rings. The van der Waals surface area contributed by atoms with Crippen molar-refractivity contribution in [2.45, 2.75) is 19.6 Å². The summed E-state index contributed by atoms with van der Waals surface area (Å²) in [5, 5.41) is 13.8. The number of nitrogens with one attached hydrogen (secondary N) is 2. The molecule has 0 bridgehead atoms. The van der Waals surface area contributed by atoms with Gasteiger partial charge < -0.3 is 15.8 Å². The number of urea groups is 1. The van der Waals surface area contributed by atoms with Gasteiger partial charge in [-0.1, -0.05) is 12.1 Å². The van der Waals surface area contributed by atoms with Gasteiger partial charge in [0.2, 0.25) is 5.91 Å². The van der Waals surface area contributed by atoms with Crippen LogP contribution < -0.4 is 21.1 Å². The molecular formula is C18H18N4O3. The van der Waals surface area contributed by atoms with E-state index in [4.69, 9.17) is 15.7 Å². The van der Waals surface area contributed by atoms with Crippen LogP contribution in [-0.4, -0.2) is 18.0 Å². The van der Waals surface area contributed by atoms with Gasteiger partial charge in [0.25, 0.3) is 0 Å². The first-order chi connectivity index (χ1) is 12.0. The molecule has 0 aliphatic rings. The van der Waals surface area contributed by atoms with Gasteiger partial charge in [0, 0.05) is 5.69 Å². The minimum atomic E-state index is -0.886. The second-order valence-electron chi connectivity index (χ2n) is 5.34. The number of carbonyl (C=O) groups is 2. The van der Waals surface area contributed by atoms with Crippen molar-refractivity contribution in [1.29, 1.82) is 5.26 Å². The Balaban J connectivity index is 1.90. The highest BCUT2D eigenvalue weighted by Crippen LogP contribution is 2.18. The Kier molecular flexibility index (Phi) is 5.96. The molecule has 0 radical (unpaired) electrons. The van der Waals surface area contributed by atoms with E-state index in [1.54, 1.807) is 43.3 Å². The first kappa shape index (κ1) is 17.8. The summed E-state index contributed by atoms with van der Waals surface area (Å²) in [5.74, 6) is 0.146. The van der Waals surface area contributed by atoms with Gasteiger partial charge in [-0.2, -0.15) is 5.26 Å². The summed E-state index contributed by atoms with van der Waals surface area (Å²) in [6.45, 7) is 1.96. The second kappa shape index (κ2) is 8.36. The molecule has 0 aliphatic carbocycles. The van der Waals surface area contributed by atoms with Crippen LogP contribution in [0, 0.1) is 11.3 Å². The number of carbonyl (C=O) groups excluding carboxylic acids is 2. The number of anilines is 1. The summed E-state index contributed by atoms with van der Waals surface area (Å²) in [6.07, 6.45) is 0. The van der Waals surface area contributed by atoms with Crippen LogP contribution in [0.15, 0.2) is 48.5 Å². The van der Waals surface area contributed by atoms with Crippen LogP contribution >= 0.6 is 0 Å². The van der Waals surface area contributed by atoms with Crippen LogP contribution in [0.5, 0.6) is 5.75 Å². The first-order valence-electron chi connectivity index (χ1n) is 7.56. The third-order valence-corrected chi connectivity index (χ3v) is 3.34. The van der Waals surface area contributed by atoms with Crippen LogP contribution in [0.25, 0.3) is 0 Å². The average Bonchev–Trinajstić information content (AvgIpc) is 2.60. The summed E-state index contributed by atoms with van der Waals surface area (Å²) in [6, 6.07) is 14.8. The number of primary amides is 1. The number of hydrogen-bond donors (Lipinski definition) is 3. The summed E-state index contributed by atoms with van der Waals surface area (Å²) in [7, 11) is 0. The topological polar surface area (TPSA) is 117 Å². The molecular weight excluding hydrogens is 320 g/mol. The van der Waals surface area contributed by atoms with Crippen LogP contribution in [-0.2, 0) is 11.4 Å². The van der Waals surface area contributed by atoms with Crippen LogP contribution in [0.2, 0.25) is 0 Å². The van der Waals surface area contributed by atoms with E-state index in [-0.39, 0.29) is 0 Å².